The molecule has 0 aliphatic carbocycles. The first-order valence-electron chi connectivity index (χ1n) is 19.5. The Hall–Kier alpha value is -5.35. The highest BCUT2D eigenvalue weighted by Gasteiger charge is 2.41. The number of carboxylic acid groups (broad SMARTS) is 1. The van der Waals surface area contributed by atoms with Crippen LogP contribution < -0.4 is 43.8 Å². The SMILES string of the molecule is CC[C@H](C)[C@H](NC(=O)[C@@H](NC(=O)[C@H](CO)NC(=O)[C@@H](NC(=O)[C@@H]1CCCN1C(=O)[C@H](Cc1cnc[nH]1)NC(=O)[C@@H](N)CCCN=C(N)N)[C@@H](C)O)[C@@H](C)CC)C(=O)O. The summed E-state index contributed by atoms with van der Waals surface area (Å²) in [5, 5.41) is 42.7. The van der Waals surface area contributed by atoms with Gasteiger partial charge in [0.1, 0.15) is 36.3 Å². The number of rotatable bonds is 24. The minimum Gasteiger partial charge on any atom is -0.480 e. The Bertz CT molecular complexity index is 1570. The predicted molar refractivity (Wildman–Crippen MR) is 210 cm³/mol. The molecular weight excluding hydrogens is 760 g/mol. The predicted octanol–water partition coefficient (Wildman–Crippen LogP) is -3.70. The van der Waals surface area contributed by atoms with E-state index in [9.17, 15) is 48.9 Å². The Morgan fingerprint density at radius 1 is 0.897 bits per heavy atom. The molecule has 326 valence electrons. The van der Waals surface area contributed by atoms with Gasteiger partial charge in [-0.2, -0.15) is 0 Å². The number of aliphatic imine (C=N–C) groups is 1. The van der Waals surface area contributed by atoms with Crippen LogP contribution in [0.3, 0.4) is 0 Å². The topological polar surface area (TPSA) is 363 Å². The third-order valence-corrected chi connectivity index (χ3v) is 10.2. The van der Waals surface area contributed by atoms with Crippen LogP contribution in [0.2, 0.25) is 0 Å². The second-order valence-corrected chi connectivity index (χ2v) is 14.6. The number of H-pyrrole nitrogens is 1. The maximum atomic E-state index is 14.0. The van der Waals surface area contributed by atoms with Gasteiger partial charge in [-0.15, -0.1) is 0 Å². The third-order valence-electron chi connectivity index (χ3n) is 10.2. The van der Waals surface area contributed by atoms with E-state index in [0.29, 0.717) is 31.4 Å². The van der Waals surface area contributed by atoms with Crippen LogP contribution in [-0.2, 0) is 40.0 Å². The van der Waals surface area contributed by atoms with Gasteiger partial charge in [-0.1, -0.05) is 40.5 Å². The maximum absolute atomic E-state index is 14.0. The van der Waals surface area contributed by atoms with E-state index in [1.165, 1.54) is 24.3 Å². The standard InChI is InChI=1S/C36H62N12O10/c1-6-18(3)26(32(54)46-27(35(57)58)19(4)7-2)45-30(52)24(16-49)44-33(55)28(20(5)50)47-31(53)25-11-9-13-48(25)34(56)23(14-21-15-40-17-42-21)43-29(51)22(37)10-8-12-41-36(38)39/h15,17-20,22-28,49-50H,6-14,16,37H2,1-5H3,(H,40,42)(H,43,51)(H,44,55)(H,45,52)(H,46,54)(H,47,53)(H,57,58)(H4,38,39,41)/t18-,19-,20+,22-,23-,24-,25-,26-,27-,28-/m0/s1. The molecule has 1 aromatic heterocycles. The summed E-state index contributed by atoms with van der Waals surface area (Å²) in [7, 11) is 0. The molecule has 0 saturated carbocycles. The van der Waals surface area contributed by atoms with Crippen LogP contribution in [0, 0.1) is 11.8 Å². The van der Waals surface area contributed by atoms with Crippen molar-refractivity contribution in [3.8, 4) is 0 Å². The lowest BCUT2D eigenvalue weighted by Gasteiger charge is -2.31. The second kappa shape index (κ2) is 23.8. The minimum absolute atomic E-state index is 0.0169. The van der Waals surface area contributed by atoms with Gasteiger partial charge < -0.3 is 69.0 Å². The number of nitrogens with one attached hydrogen (secondary N) is 6. The number of aromatic amines is 1. The lowest BCUT2D eigenvalue weighted by molar-refractivity contribution is -0.144. The molecule has 1 saturated heterocycles. The van der Waals surface area contributed by atoms with Crippen LogP contribution >= 0.6 is 0 Å². The number of imidazole rings is 1. The summed E-state index contributed by atoms with van der Waals surface area (Å²) in [5.74, 6) is -7.10. The zero-order valence-electron chi connectivity index (χ0n) is 33.8. The number of nitrogens with zero attached hydrogens (tertiary/aromatic N) is 3. The van der Waals surface area contributed by atoms with E-state index >= 15 is 0 Å². The van der Waals surface area contributed by atoms with E-state index in [1.807, 2.05) is 0 Å². The van der Waals surface area contributed by atoms with Gasteiger partial charge in [0, 0.05) is 31.4 Å². The summed E-state index contributed by atoms with van der Waals surface area (Å²) in [5.41, 5.74) is 17.3. The number of hydrogen-bond donors (Lipinski definition) is 12. The van der Waals surface area contributed by atoms with Crippen LogP contribution in [0.4, 0.5) is 0 Å². The van der Waals surface area contributed by atoms with Crippen LogP contribution in [0.15, 0.2) is 17.5 Å². The molecule has 1 aliphatic heterocycles. The molecule has 0 unspecified atom stereocenters. The van der Waals surface area contributed by atoms with Crippen molar-refractivity contribution in [3.63, 3.8) is 0 Å². The molecule has 0 bridgehead atoms. The molecule has 0 aromatic carbocycles. The molecule has 2 rings (SSSR count). The highest BCUT2D eigenvalue weighted by molar-refractivity contribution is 5.97. The molecule has 22 heteroatoms. The summed E-state index contributed by atoms with van der Waals surface area (Å²) in [6.45, 7) is 7.49. The Morgan fingerprint density at radius 3 is 2.05 bits per heavy atom. The van der Waals surface area contributed by atoms with Crippen molar-refractivity contribution in [2.24, 2.45) is 34.0 Å². The average molecular weight is 823 g/mol. The first kappa shape index (κ1) is 48.8. The molecular formula is C36H62N12O10. The lowest BCUT2D eigenvalue weighted by atomic mass is 9.95. The highest BCUT2D eigenvalue weighted by atomic mass is 16.4. The highest BCUT2D eigenvalue weighted by Crippen LogP contribution is 2.20. The monoisotopic (exact) mass is 822 g/mol. The lowest BCUT2D eigenvalue weighted by Crippen LogP contribution is -2.62. The van der Waals surface area contributed by atoms with Crippen molar-refractivity contribution < 1.29 is 48.9 Å². The fourth-order valence-corrected chi connectivity index (χ4v) is 6.24. The molecule has 1 aromatic rings. The van der Waals surface area contributed by atoms with E-state index < -0.39 is 108 Å². The molecule has 0 radical (unpaired) electrons. The van der Waals surface area contributed by atoms with E-state index in [-0.39, 0.29) is 38.3 Å². The molecule has 0 spiro atoms. The number of hydrogen-bond acceptors (Lipinski definition) is 12. The number of aliphatic hydroxyl groups excluding tert-OH is 2. The molecule has 2 heterocycles. The average Bonchev–Trinajstić information content (AvgIpc) is 3.90. The molecule has 22 nitrogen and oxygen atoms in total. The van der Waals surface area contributed by atoms with Crippen molar-refractivity contribution in [1.82, 2.24) is 41.5 Å². The van der Waals surface area contributed by atoms with Gasteiger partial charge in [0.2, 0.25) is 35.4 Å². The second-order valence-electron chi connectivity index (χ2n) is 14.6. The van der Waals surface area contributed by atoms with Crippen molar-refractivity contribution in [2.75, 3.05) is 19.7 Å². The number of amides is 6. The van der Waals surface area contributed by atoms with Crippen LogP contribution in [0.1, 0.15) is 78.8 Å². The number of aliphatic carboxylic acids is 1. The van der Waals surface area contributed by atoms with Crippen LogP contribution in [0.5, 0.6) is 0 Å². The van der Waals surface area contributed by atoms with Crippen LogP contribution in [-0.4, -0.2) is 146 Å². The number of aliphatic hydroxyl groups is 2. The fourth-order valence-electron chi connectivity index (χ4n) is 6.24. The van der Waals surface area contributed by atoms with Gasteiger partial charge in [-0.3, -0.25) is 33.8 Å². The third kappa shape index (κ3) is 14.5. The van der Waals surface area contributed by atoms with E-state index in [1.54, 1.807) is 27.7 Å². The van der Waals surface area contributed by atoms with E-state index in [0.717, 1.165) is 0 Å². The number of likely N-dealkylation sites (tertiary alicyclic amines) is 1. The number of carbonyl (C=O) groups excluding carboxylic acids is 6. The van der Waals surface area contributed by atoms with Crippen LogP contribution in [0.25, 0.3) is 0 Å². The normalized spacial score (nSPS) is 18.5. The van der Waals surface area contributed by atoms with Crippen molar-refractivity contribution in [1.29, 1.82) is 0 Å². The molecule has 6 amide bonds. The molecule has 1 aliphatic rings. The number of carbonyl (C=O) groups is 7. The van der Waals surface area contributed by atoms with Gasteiger partial charge in [-0.05, 0) is 44.4 Å². The first-order valence-corrected chi connectivity index (χ1v) is 19.5. The largest absolute Gasteiger partial charge is 0.480 e. The zero-order valence-corrected chi connectivity index (χ0v) is 33.8. The van der Waals surface area contributed by atoms with Gasteiger partial charge >= 0.3 is 5.97 Å². The Balaban J connectivity index is 2.20. The minimum atomic E-state index is -1.66. The number of carboxylic acids is 1. The summed E-state index contributed by atoms with van der Waals surface area (Å²) in [6, 6.07) is -9.07. The van der Waals surface area contributed by atoms with Crippen molar-refractivity contribution in [3.05, 3.63) is 18.2 Å². The van der Waals surface area contributed by atoms with Gasteiger partial charge in [0.05, 0.1) is 25.1 Å². The Morgan fingerprint density at radius 2 is 1.50 bits per heavy atom. The van der Waals surface area contributed by atoms with Gasteiger partial charge in [0.15, 0.2) is 5.96 Å². The zero-order chi connectivity index (χ0) is 43.7. The summed E-state index contributed by atoms with van der Waals surface area (Å²) in [4.78, 5) is 105. The molecule has 15 N–H and O–H groups in total. The van der Waals surface area contributed by atoms with Crippen molar-refractivity contribution in [2.45, 2.75) is 128 Å². The van der Waals surface area contributed by atoms with Gasteiger partial charge in [0.25, 0.3) is 0 Å². The van der Waals surface area contributed by atoms with Crippen molar-refractivity contribution >= 4 is 47.4 Å². The molecule has 1 fully saturated rings. The fraction of sp³-hybridized carbons (Fsp3) is 0.694. The summed E-state index contributed by atoms with van der Waals surface area (Å²) in [6.07, 6.45) is 3.38. The van der Waals surface area contributed by atoms with E-state index in [4.69, 9.17) is 17.2 Å². The van der Waals surface area contributed by atoms with E-state index in [2.05, 4.69) is 41.5 Å². The summed E-state index contributed by atoms with van der Waals surface area (Å²) < 4.78 is 0. The maximum Gasteiger partial charge on any atom is 0.326 e. The number of nitrogens with two attached hydrogens (primary N) is 3. The number of guanidine groups is 1. The first-order chi connectivity index (χ1) is 27.4. The smallest absolute Gasteiger partial charge is 0.326 e. The summed E-state index contributed by atoms with van der Waals surface area (Å²) >= 11 is 0. The number of aromatic nitrogens is 2. The quantitative estimate of drug-likeness (QED) is 0.0271. The Labute approximate surface area is 337 Å². The molecule has 58 heavy (non-hydrogen) atoms. The molecule has 10 atom stereocenters. The van der Waals surface area contributed by atoms with Gasteiger partial charge in [-0.25, -0.2) is 9.78 Å². The Kier molecular flexibility index (Phi) is 20.0.